The summed E-state index contributed by atoms with van der Waals surface area (Å²) in [5.74, 6) is -0.0910. The summed E-state index contributed by atoms with van der Waals surface area (Å²) in [6.45, 7) is 2.73. The number of hydrogen-bond donors (Lipinski definition) is 1. The number of urea groups is 1. The number of morpholine rings is 1. The zero-order valence-corrected chi connectivity index (χ0v) is 19.7. The van der Waals surface area contributed by atoms with Crippen molar-refractivity contribution in [1.82, 2.24) is 20.1 Å². The highest BCUT2D eigenvalue weighted by atomic mass is 32.1. The van der Waals surface area contributed by atoms with Crippen molar-refractivity contribution in [2.45, 2.75) is 24.9 Å². The number of carbonyl (C=O) groups excluding carboxylic acids is 2. The van der Waals surface area contributed by atoms with Gasteiger partial charge in [0, 0.05) is 30.6 Å². The average Bonchev–Trinajstić information content (AvgIpc) is 3.58. The highest BCUT2D eigenvalue weighted by Gasteiger charge is 2.37. The summed E-state index contributed by atoms with van der Waals surface area (Å²) < 4.78 is 5.36. The van der Waals surface area contributed by atoms with Crippen LogP contribution in [-0.2, 0) is 9.53 Å². The van der Waals surface area contributed by atoms with Crippen LogP contribution in [0, 0.1) is 0 Å². The lowest BCUT2D eigenvalue weighted by atomic mass is 10.1. The van der Waals surface area contributed by atoms with Crippen LogP contribution in [0.2, 0.25) is 0 Å². The first-order chi connectivity index (χ1) is 16.7. The van der Waals surface area contributed by atoms with Gasteiger partial charge in [0.05, 0.1) is 24.9 Å². The molecule has 2 fully saturated rings. The summed E-state index contributed by atoms with van der Waals surface area (Å²) >= 11 is 1.59. The summed E-state index contributed by atoms with van der Waals surface area (Å²) in [6, 6.07) is 18.5. The van der Waals surface area contributed by atoms with Crippen LogP contribution in [0.1, 0.15) is 35.5 Å². The Balaban J connectivity index is 1.38. The van der Waals surface area contributed by atoms with Gasteiger partial charge in [-0.3, -0.25) is 4.79 Å². The SMILES string of the molecule is O=C(N[C@@H](C(=O)N1CCC[C@H]1c1nc(-c2ccccc2)cs1)c1ccccc1)N1CCOCC1. The fraction of sp³-hybridized carbons (Fsp3) is 0.346. The number of nitrogens with zero attached hydrogens (tertiary/aromatic N) is 3. The second-order valence-corrected chi connectivity index (χ2v) is 9.41. The van der Waals surface area contributed by atoms with Crippen LogP contribution < -0.4 is 5.32 Å². The maximum atomic E-state index is 13.9. The van der Waals surface area contributed by atoms with Gasteiger partial charge in [-0.2, -0.15) is 0 Å². The Morgan fingerprint density at radius 1 is 1.00 bits per heavy atom. The topological polar surface area (TPSA) is 74.8 Å². The quantitative estimate of drug-likeness (QED) is 0.597. The van der Waals surface area contributed by atoms with Crippen molar-refractivity contribution in [3.63, 3.8) is 0 Å². The molecule has 0 aliphatic carbocycles. The summed E-state index contributed by atoms with van der Waals surface area (Å²) in [5, 5.41) is 6.00. The van der Waals surface area contributed by atoms with Gasteiger partial charge >= 0.3 is 6.03 Å². The van der Waals surface area contributed by atoms with Gasteiger partial charge < -0.3 is 19.9 Å². The largest absolute Gasteiger partial charge is 0.378 e. The van der Waals surface area contributed by atoms with Crippen LogP contribution in [0.3, 0.4) is 0 Å². The second-order valence-electron chi connectivity index (χ2n) is 8.52. The van der Waals surface area contributed by atoms with Gasteiger partial charge in [-0.05, 0) is 18.4 Å². The normalized spacial score (nSPS) is 19.1. The number of rotatable bonds is 5. The fourth-order valence-electron chi connectivity index (χ4n) is 4.55. The van der Waals surface area contributed by atoms with Crippen LogP contribution >= 0.6 is 11.3 Å². The highest BCUT2D eigenvalue weighted by Crippen LogP contribution is 2.37. The Bertz CT molecular complexity index is 1120. The number of hydrogen-bond acceptors (Lipinski definition) is 5. The Hall–Kier alpha value is -3.23. The Morgan fingerprint density at radius 2 is 1.71 bits per heavy atom. The van der Waals surface area contributed by atoms with E-state index in [0.29, 0.717) is 32.8 Å². The molecule has 5 rings (SSSR count). The average molecular weight is 477 g/mol. The predicted octanol–water partition coefficient (Wildman–Crippen LogP) is 4.26. The fourth-order valence-corrected chi connectivity index (χ4v) is 5.52. The van der Waals surface area contributed by atoms with E-state index in [1.54, 1.807) is 16.2 Å². The summed E-state index contributed by atoms with van der Waals surface area (Å²) in [5.41, 5.74) is 2.78. The number of ether oxygens (including phenoxy) is 1. The van der Waals surface area contributed by atoms with Crippen molar-refractivity contribution in [2.24, 2.45) is 0 Å². The lowest BCUT2D eigenvalue weighted by molar-refractivity contribution is -0.134. The van der Waals surface area contributed by atoms with Crippen molar-refractivity contribution >= 4 is 23.3 Å². The number of likely N-dealkylation sites (tertiary alicyclic amines) is 1. The molecular weight excluding hydrogens is 448 g/mol. The molecule has 3 amide bonds. The molecule has 8 heteroatoms. The molecule has 1 N–H and O–H groups in total. The van der Waals surface area contributed by atoms with Crippen molar-refractivity contribution in [3.05, 3.63) is 76.6 Å². The molecule has 2 atom stereocenters. The molecule has 2 aliphatic heterocycles. The molecule has 1 aromatic heterocycles. The lowest BCUT2D eigenvalue weighted by Gasteiger charge is -2.32. The van der Waals surface area contributed by atoms with Gasteiger partial charge in [-0.1, -0.05) is 60.7 Å². The molecule has 3 heterocycles. The molecule has 34 heavy (non-hydrogen) atoms. The van der Waals surface area contributed by atoms with Crippen LogP contribution in [-0.4, -0.2) is 59.6 Å². The third-order valence-electron chi connectivity index (χ3n) is 6.36. The van der Waals surface area contributed by atoms with E-state index in [9.17, 15) is 9.59 Å². The molecule has 3 aromatic rings. The van der Waals surface area contributed by atoms with E-state index in [-0.39, 0.29) is 18.0 Å². The minimum absolute atomic E-state index is 0.0820. The lowest BCUT2D eigenvalue weighted by Crippen LogP contribution is -2.50. The number of nitrogens with one attached hydrogen (secondary N) is 1. The third kappa shape index (κ3) is 4.83. The number of carbonyl (C=O) groups is 2. The van der Waals surface area contributed by atoms with Crippen molar-refractivity contribution in [1.29, 1.82) is 0 Å². The minimum atomic E-state index is -0.745. The highest BCUT2D eigenvalue weighted by molar-refractivity contribution is 7.10. The van der Waals surface area contributed by atoms with Gasteiger partial charge in [-0.25, -0.2) is 9.78 Å². The Labute approximate surface area is 203 Å². The molecule has 0 spiro atoms. The molecule has 0 bridgehead atoms. The molecule has 0 radical (unpaired) electrons. The molecule has 0 unspecified atom stereocenters. The standard InChI is InChI=1S/C26H28N4O3S/c31-25(23(20-10-5-2-6-11-20)28-26(32)29-14-16-33-17-15-29)30-13-7-12-22(30)24-27-21(18-34-24)19-8-3-1-4-9-19/h1-6,8-11,18,22-23H,7,12-17H2,(H,28,32)/t22-,23+/m0/s1. The van der Waals surface area contributed by atoms with Gasteiger partial charge in [0.2, 0.25) is 5.91 Å². The first kappa shape index (κ1) is 22.6. The number of aromatic nitrogens is 1. The third-order valence-corrected chi connectivity index (χ3v) is 7.30. The Morgan fingerprint density at radius 3 is 2.44 bits per heavy atom. The number of amides is 3. The van der Waals surface area contributed by atoms with Gasteiger partial charge in [0.1, 0.15) is 11.0 Å². The first-order valence-electron chi connectivity index (χ1n) is 11.7. The van der Waals surface area contributed by atoms with Gasteiger partial charge in [-0.15, -0.1) is 11.3 Å². The molecule has 2 aromatic carbocycles. The van der Waals surface area contributed by atoms with E-state index < -0.39 is 6.04 Å². The van der Waals surface area contributed by atoms with E-state index >= 15 is 0 Å². The zero-order valence-electron chi connectivity index (χ0n) is 18.9. The molecule has 176 valence electrons. The number of benzene rings is 2. The van der Waals surface area contributed by atoms with E-state index in [2.05, 4.69) is 10.7 Å². The molecule has 0 saturated carbocycles. The predicted molar refractivity (Wildman–Crippen MR) is 131 cm³/mol. The minimum Gasteiger partial charge on any atom is -0.378 e. The van der Waals surface area contributed by atoms with Crippen LogP contribution in [0.4, 0.5) is 4.79 Å². The molecule has 7 nitrogen and oxygen atoms in total. The maximum Gasteiger partial charge on any atom is 0.318 e. The smallest absolute Gasteiger partial charge is 0.318 e. The van der Waals surface area contributed by atoms with Crippen LogP contribution in [0.5, 0.6) is 0 Å². The summed E-state index contributed by atoms with van der Waals surface area (Å²) in [6.07, 6.45) is 1.78. The van der Waals surface area contributed by atoms with Crippen LogP contribution in [0.15, 0.2) is 66.0 Å². The van der Waals surface area contributed by atoms with Crippen molar-refractivity contribution in [3.8, 4) is 11.3 Å². The molecular formula is C26H28N4O3S. The zero-order chi connectivity index (χ0) is 23.3. The number of thiazole rings is 1. The van der Waals surface area contributed by atoms with E-state index in [4.69, 9.17) is 9.72 Å². The van der Waals surface area contributed by atoms with Crippen molar-refractivity contribution in [2.75, 3.05) is 32.8 Å². The molecule has 2 aliphatic rings. The summed E-state index contributed by atoms with van der Waals surface area (Å²) in [7, 11) is 0. The Kier molecular flexibility index (Phi) is 6.87. The van der Waals surface area contributed by atoms with E-state index in [0.717, 1.165) is 34.7 Å². The first-order valence-corrected chi connectivity index (χ1v) is 12.6. The monoisotopic (exact) mass is 476 g/mol. The van der Waals surface area contributed by atoms with Gasteiger partial charge in [0.25, 0.3) is 0 Å². The maximum absolute atomic E-state index is 13.9. The summed E-state index contributed by atoms with van der Waals surface area (Å²) in [4.78, 5) is 35.3. The second kappa shape index (κ2) is 10.4. The van der Waals surface area contributed by atoms with E-state index in [1.165, 1.54) is 0 Å². The van der Waals surface area contributed by atoms with Crippen LogP contribution in [0.25, 0.3) is 11.3 Å². The van der Waals surface area contributed by atoms with Gasteiger partial charge in [0.15, 0.2) is 0 Å². The molecule has 2 saturated heterocycles. The van der Waals surface area contributed by atoms with E-state index in [1.807, 2.05) is 65.6 Å². The van der Waals surface area contributed by atoms with Crippen molar-refractivity contribution < 1.29 is 14.3 Å².